The van der Waals surface area contributed by atoms with Gasteiger partial charge in [0.1, 0.15) is 12.4 Å². The number of ether oxygens (including phenoxy) is 1. The number of hydrogen-bond acceptors (Lipinski definition) is 2. The zero-order valence-electron chi connectivity index (χ0n) is 10.0. The molecule has 0 aliphatic rings. The predicted molar refractivity (Wildman–Crippen MR) is 64.9 cm³/mol. The van der Waals surface area contributed by atoms with E-state index in [1.165, 1.54) is 6.07 Å². The Kier molecular flexibility index (Phi) is 6.31. The lowest BCUT2D eigenvalue weighted by molar-refractivity contribution is 0.118. The second-order valence-corrected chi connectivity index (χ2v) is 3.68. The highest BCUT2D eigenvalue weighted by Gasteiger charge is 2.01. The number of unbranched alkanes of at least 4 members (excludes halogenated alkanes) is 1. The summed E-state index contributed by atoms with van der Waals surface area (Å²) < 4.78 is 18.8. The van der Waals surface area contributed by atoms with Gasteiger partial charge in [0.25, 0.3) is 0 Å². The minimum Gasteiger partial charge on any atom is -0.384 e. The molecule has 17 heavy (non-hydrogen) atoms. The molecule has 0 unspecified atom stereocenters. The summed E-state index contributed by atoms with van der Waals surface area (Å²) in [6.45, 7) is 3.01. The fourth-order valence-electron chi connectivity index (χ4n) is 1.33. The van der Waals surface area contributed by atoms with Crippen LogP contribution in [0, 0.1) is 17.7 Å². The predicted octanol–water partition coefficient (Wildman–Crippen LogP) is 2.49. The normalized spacial score (nSPS) is 9.82. The van der Waals surface area contributed by atoms with Crippen LogP contribution >= 0.6 is 0 Å². The van der Waals surface area contributed by atoms with E-state index in [9.17, 15) is 4.39 Å². The van der Waals surface area contributed by atoms with Crippen LogP contribution in [0.15, 0.2) is 18.2 Å². The van der Waals surface area contributed by atoms with Crippen LogP contribution in [0.2, 0.25) is 0 Å². The third-order valence-corrected chi connectivity index (χ3v) is 2.24. The first kappa shape index (κ1) is 13.7. The van der Waals surface area contributed by atoms with E-state index < -0.39 is 0 Å². The van der Waals surface area contributed by atoms with Crippen molar-refractivity contribution in [3.63, 3.8) is 0 Å². The summed E-state index contributed by atoms with van der Waals surface area (Å²) in [6.07, 6.45) is 2.12. The van der Waals surface area contributed by atoms with Crippen LogP contribution in [0.5, 0.6) is 0 Å². The van der Waals surface area contributed by atoms with E-state index in [2.05, 4.69) is 18.8 Å². The molecule has 1 aromatic carbocycles. The second kappa shape index (κ2) is 7.83. The standard InChI is InChI=1S/C14H17FO2/c1-2-3-9-17-11-12-6-7-14(15)13(10-12)5-4-8-16/h6-7,10,16H,2-3,8-9,11H2,1H3. The van der Waals surface area contributed by atoms with E-state index in [4.69, 9.17) is 9.84 Å². The molecule has 0 aliphatic heterocycles. The maximum Gasteiger partial charge on any atom is 0.138 e. The van der Waals surface area contributed by atoms with Gasteiger partial charge in [0.2, 0.25) is 0 Å². The summed E-state index contributed by atoms with van der Waals surface area (Å²) in [4.78, 5) is 0. The molecule has 0 bridgehead atoms. The van der Waals surface area contributed by atoms with Crippen molar-refractivity contribution in [2.24, 2.45) is 0 Å². The number of aliphatic hydroxyl groups excluding tert-OH is 1. The molecule has 0 spiro atoms. The van der Waals surface area contributed by atoms with Crippen molar-refractivity contribution >= 4 is 0 Å². The van der Waals surface area contributed by atoms with Crippen LogP contribution in [-0.2, 0) is 11.3 Å². The first-order valence-electron chi connectivity index (χ1n) is 5.73. The molecule has 0 radical (unpaired) electrons. The van der Waals surface area contributed by atoms with Gasteiger partial charge in [-0.15, -0.1) is 0 Å². The largest absolute Gasteiger partial charge is 0.384 e. The summed E-state index contributed by atoms with van der Waals surface area (Å²) in [6, 6.07) is 4.72. The van der Waals surface area contributed by atoms with Crippen LogP contribution in [0.25, 0.3) is 0 Å². The fraction of sp³-hybridized carbons (Fsp3) is 0.429. The molecule has 1 aromatic rings. The van der Waals surface area contributed by atoms with Crippen LogP contribution in [-0.4, -0.2) is 18.3 Å². The lowest BCUT2D eigenvalue weighted by Crippen LogP contribution is -1.96. The lowest BCUT2D eigenvalue weighted by Gasteiger charge is -2.04. The third-order valence-electron chi connectivity index (χ3n) is 2.24. The van der Waals surface area contributed by atoms with E-state index in [1.807, 2.05) is 0 Å². The Morgan fingerprint density at radius 1 is 1.41 bits per heavy atom. The molecule has 3 heteroatoms. The molecular weight excluding hydrogens is 219 g/mol. The van der Waals surface area contributed by atoms with Crippen molar-refractivity contribution in [3.8, 4) is 11.8 Å². The molecule has 0 amide bonds. The zero-order chi connectivity index (χ0) is 12.5. The smallest absolute Gasteiger partial charge is 0.138 e. The molecule has 0 aliphatic carbocycles. The van der Waals surface area contributed by atoms with E-state index in [0.29, 0.717) is 18.8 Å². The Labute approximate surface area is 101 Å². The molecule has 0 saturated carbocycles. The van der Waals surface area contributed by atoms with Crippen molar-refractivity contribution in [2.75, 3.05) is 13.2 Å². The van der Waals surface area contributed by atoms with Gasteiger partial charge in [-0.05, 0) is 24.1 Å². The highest BCUT2D eigenvalue weighted by atomic mass is 19.1. The van der Waals surface area contributed by atoms with Crippen LogP contribution in [0.1, 0.15) is 30.9 Å². The summed E-state index contributed by atoms with van der Waals surface area (Å²) in [5.74, 6) is 4.64. The number of benzene rings is 1. The van der Waals surface area contributed by atoms with Gasteiger partial charge < -0.3 is 9.84 Å². The first-order chi connectivity index (χ1) is 8.27. The van der Waals surface area contributed by atoms with E-state index in [1.54, 1.807) is 12.1 Å². The highest BCUT2D eigenvalue weighted by molar-refractivity contribution is 5.38. The molecule has 2 nitrogen and oxygen atoms in total. The molecule has 0 saturated heterocycles. The molecule has 92 valence electrons. The molecule has 1 N–H and O–H groups in total. The maximum absolute atomic E-state index is 13.3. The van der Waals surface area contributed by atoms with Crippen molar-refractivity contribution in [1.82, 2.24) is 0 Å². The Bertz CT molecular complexity index is 404. The van der Waals surface area contributed by atoms with Crippen LogP contribution in [0.3, 0.4) is 0 Å². The molecular formula is C14H17FO2. The SMILES string of the molecule is CCCCOCc1ccc(F)c(C#CCO)c1. The van der Waals surface area contributed by atoms with Gasteiger partial charge in [0.05, 0.1) is 12.2 Å². The summed E-state index contributed by atoms with van der Waals surface area (Å²) in [7, 11) is 0. The van der Waals surface area contributed by atoms with Gasteiger partial charge >= 0.3 is 0 Å². The lowest BCUT2D eigenvalue weighted by atomic mass is 10.1. The van der Waals surface area contributed by atoms with Gasteiger partial charge in [-0.1, -0.05) is 31.3 Å². The number of rotatable bonds is 5. The van der Waals surface area contributed by atoms with Gasteiger partial charge in [-0.2, -0.15) is 0 Å². The van der Waals surface area contributed by atoms with Gasteiger partial charge in [-0.3, -0.25) is 0 Å². The van der Waals surface area contributed by atoms with Gasteiger partial charge in [-0.25, -0.2) is 4.39 Å². The van der Waals surface area contributed by atoms with E-state index in [-0.39, 0.29) is 12.4 Å². The number of hydrogen-bond donors (Lipinski definition) is 1. The van der Waals surface area contributed by atoms with E-state index >= 15 is 0 Å². The monoisotopic (exact) mass is 236 g/mol. The van der Waals surface area contributed by atoms with Crippen molar-refractivity contribution < 1.29 is 14.2 Å². The molecule has 0 fully saturated rings. The Hall–Kier alpha value is -1.37. The Morgan fingerprint density at radius 3 is 2.94 bits per heavy atom. The number of aliphatic hydroxyl groups is 1. The second-order valence-electron chi connectivity index (χ2n) is 3.68. The maximum atomic E-state index is 13.3. The minimum atomic E-state index is -0.372. The zero-order valence-corrected chi connectivity index (χ0v) is 10.0. The summed E-state index contributed by atoms with van der Waals surface area (Å²) in [5, 5.41) is 8.57. The summed E-state index contributed by atoms with van der Waals surface area (Å²) in [5.41, 5.74) is 1.19. The highest BCUT2D eigenvalue weighted by Crippen LogP contribution is 2.10. The molecule has 1 rings (SSSR count). The van der Waals surface area contributed by atoms with E-state index in [0.717, 1.165) is 18.4 Å². The first-order valence-corrected chi connectivity index (χ1v) is 5.73. The Balaban J connectivity index is 2.61. The van der Waals surface area contributed by atoms with Crippen molar-refractivity contribution in [3.05, 3.63) is 35.1 Å². The van der Waals surface area contributed by atoms with Gasteiger partial charge in [0.15, 0.2) is 0 Å². The topological polar surface area (TPSA) is 29.5 Å². The Morgan fingerprint density at radius 2 is 2.24 bits per heavy atom. The quantitative estimate of drug-likeness (QED) is 0.628. The third kappa shape index (κ3) is 4.99. The van der Waals surface area contributed by atoms with Gasteiger partial charge in [0, 0.05) is 6.61 Å². The number of halogens is 1. The van der Waals surface area contributed by atoms with Crippen molar-refractivity contribution in [1.29, 1.82) is 0 Å². The summed E-state index contributed by atoms with van der Waals surface area (Å²) >= 11 is 0. The van der Waals surface area contributed by atoms with Crippen molar-refractivity contribution in [2.45, 2.75) is 26.4 Å². The molecule has 0 aromatic heterocycles. The fourth-order valence-corrected chi connectivity index (χ4v) is 1.33. The minimum absolute atomic E-state index is 0.267. The average molecular weight is 236 g/mol. The van der Waals surface area contributed by atoms with Crippen LogP contribution < -0.4 is 0 Å². The average Bonchev–Trinajstić information content (AvgIpc) is 2.35. The molecule has 0 atom stereocenters. The van der Waals surface area contributed by atoms with Crippen LogP contribution in [0.4, 0.5) is 4.39 Å². The molecule has 0 heterocycles.